The van der Waals surface area contributed by atoms with Gasteiger partial charge in [0.2, 0.25) is 0 Å². The fourth-order valence-corrected chi connectivity index (χ4v) is 5.04. The molecule has 9 nitrogen and oxygen atoms in total. The van der Waals surface area contributed by atoms with Crippen molar-refractivity contribution in [2.45, 2.75) is 65.8 Å². The molecule has 1 aromatic carbocycles. The van der Waals surface area contributed by atoms with E-state index >= 15 is 0 Å². The van der Waals surface area contributed by atoms with E-state index in [0.717, 1.165) is 58.4 Å². The number of fused-ring (bicyclic) bond motifs is 3. The Morgan fingerprint density at radius 2 is 1.92 bits per heavy atom. The molecule has 0 atom stereocenters. The first-order chi connectivity index (χ1) is 17.2. The maximum atomic E-state index is 6.14. The smallest absolute Gasteiger partial charge is 0.178 e. The van der Waals surface area contributed by atoms with Crippen LogP contribution in [0.3, 0.4) is 0 Å². The highest BCUT2D eigenvalue weighted by Gasteiger charge is 2.22. The molecule has 0 aliphatic carbocycles. The van der Waals surface area contributed by atoms with Crippen LogP contribution in [0.2, 0.25) is 25.7 Å². The third-order valence-corrected chi connectivity index (χ3v) is 8.08. The van der Waals surface area contributed by atoms with Crippen LogP contribution >= 0.6 is 0 Å². The molecule has 0 saturated carbocycles. The van der Waals surface area contributed by atoms with E-state index in [2.05, 4.69) is 77.1 Å². The van der Waals surface area contributed by atoms with Crippen LogP contribution in [0.25, 0.3) is 34.2 Å². The summed E-state index contributed by atoms with van der Waals surface area (Å²) in [6.45, 7) is 15.9. The van der Waals surface area contributed by atoms with Gasteiger partial charge in [-0.2, -0.15) is 5.10 Å². The quantitative estimate of drug-likeness (QED) is 0.240. The number of aromatic nitrogens is 7. The van der Waals surface area contributed by atoms with Crippen LogP contribution in [0, 0.1) is 6.92 Å². The van der Waals surface area contributed by atoms with Crippen LogP contribution in [0.4, 0.5) is 0 Å². The fraction of sp³-hybridized carbons (Fsp3) is 0.462. The maximum Gasteiger partial charge on any atom is 0.178 e. The monoisotopic (exact) mass is 505 g/mol. The fourth-order valence-electron chi connectivity index (χ4n) is 4.28. The molecule has 5 rings (SSSR count). The lowest BCUT2D eigenvalue weighted by Crippen LogP contribution is -2.22. The number of hydrogen-bond acceptors (Lipinski definition) is 6. The largest absolute Gasteiger partial charge is 0.491 e. The zero-order valence-electron chi connectivity index (χ0n) is 22.0. The predicted molar refractivity (Wildman–Crippen MR) is 143 cm³/mol. The first kappa shape index (κ1) is 24.5. The molecule has 0 radical (unpaired) electrons. The minimum absolute atomic E-state index is 0.205. The molecule has 1 aliphatic heterocycles. The first-order valence-electron chi connectivity index (χ1n) is 12.6. The van der Waals surface area contributed by atoms with Crippen LogP contribution in [0.1, 0.15) is 25.7 Å². The number of imidazole rings is 2. The maximum absolute atomic E-state index is 6.14. The van der Waals surface area contributed by atoms with E-state index in [-0.39, 0.29) is 6.04 Å². The number of benzene rings is 1. The second-order valence-electron chi connectivity index (χ2n) is 10.8. The number of nitrogens with zero attached hydrogens (tertiary/aromatic N) is 7. The Morgan fingerprint density at radius 3 is 2.69 bits per heavy atom. The molecule has 4 aromatic rings. The van der Waals surface area contributed by atoms with Crippen LogP contribution < -0.4 is 4.74 Å². The summed E-state index contributed by atoms with van der Waals surface area (Å²) in [5.74, 6) is 3.40. The Bertz CT molecular complexity index is 1360. The molecule has 3 aromatic heterocycles. The van der Waals surface area contributed by atoms with E-state index in [1.165, 1.54) is 0 Å². The Labute approximate surface area is 213 Å². The minimum Gasteiger partial charge on any atom is -0.491 e. The summed E-state index contributed by atoms with van der Waals surface area (Å²) in [6, 6.07) is 7.58. The predicted octanol–water partition coefficient (Wildman–Crippen LogP) is 5.27. The highest BCUT2D eigenvalue weighted by molar-refractivity contribution is 6.76. The van der Waals surface area contributed by atoms with E-state index in [0.29, 0.717) is 19.9 Å². The molecule has 0 unspecified atom stereocenters. The second-order valence-corrected chi connectivity index (χ2v) is 16.4. The standard InChI is InChI=1S/C26H35N7O2Si/c1-18(2)33-26(27-16-28-33)23-15-31-9-10-35-24-13-20(7-8-21(24)25(31)30-23)22-14-32(19(3)29-22)17-34-11-12-36(4,5)6/h7-8,13-16,18H,9-12,17H2,1-6H3. The van der Waals surface area contributed by atoms with E-state index < -0.39 is 8.07 Å². The Morgan fingerprint density at radius 1 is 1.08 bits per heavy atom. The Balaban J connectivity index is 1.39. The van der Waals surface area contributed by atoms with Crippen molar-refractivity contribution in [1.29, 1.82) is 0 Å². The first-order valence-corrected chi connectivity index (χ1v) is 16.3. The molecule has 190 valence electrons. The van der Waals surface area contributed by atoms with Crippen molar-refractivity contribution in [2.24, 2.45) is 0 Å². The molecule has 36 heavy (non-hydrogen) atoms. The lowest BCUT2D eigenvalue weighted by Gasteiger charge is -2.15. The number of hydrogen-bond donors (Lipinski definition) is 0. The molecule has 0 spiro atoms. The molecule has 0 N–H and O–H groups in total. The van der Waals surface area contributed by atoms with Gasteiger partial charge < -0.3 is 18.6 Å². The van der Waals surface area contributed by atoms with Crippen molar-refractivity contribution >= 4 is 8.07 Å². The Hall–Kier alpha value is -3.24. The third kappa shape index (κ3) is 5.01. The van der Waals surface area contributed by atoms with Gasteiger partial charge in [-0.1, -0.05) is 25.7 Å². The van der Waals surface area contributed by atoms with Crippen LogP contribution in [-0.2, 0) is 18.0 Å². The molecule has 0 amide bonds. The van der Waals surface area contributed by atoms with Gasteiger partial charge in [-0.3, -0.25) is 0 Å². The summed E-state index contributed by atoms with van der Waals surface area (Å²) in [6.07, 6.45) is 5.68. The summed E-state index contributed by atoms with van der Waals surface area (Å²) in [4.78, 5) is 14.2. The molecule has 0 saturated heterocycles. The van der Waals surface area contributed by atoms with Crippen molar-refractivity contribution in [3.05, 3.63) is 42.7 Å². The van der Waals surface area contributed by atoms with Gasteiger partial charge in [-0.15, -0.1) is 0 Å². The third-order valence-electron chi connectivity index (χ3n) is 6.38. The van der Waals surface area contributed by atoms with Crippen molar-refractivity contribution < 1.29 is 9.47 Å². The number of aryl methyl sites for hydroxylation is 1. The van der Waals surface area contributed by atoms with E-state index in [4.69, 9.17) is 19.4 Å². The van der Waals surface area contributed by atoms with Gasteiger partial charge in [0.05, 0.1) is 17.8 Å². The van der Waals surface area contributed by atoms with Gasteiger partial charge in [0, 0.05) is 38.7 Å². The molecule has 10 heteroatoms. The van der Waals surface area contributed by atoms with Gasteiger partial charge in [-0.25, -0.2) is 19.6 Å². The Kier molecular flexibility index (Phi) is 6.56. The molecule has 1 aliphatic rings. The van der Waals surface area contributed by atoms with Crippen molar-refractivity contribution in [2.75, 3.05) is 13.2 Å². The van der Waals surface area contributed by atoms with Crippen LogP contribution in [0.15, 0.2) is 36.9 Å². The summed E-state index contributed by atoms with van der Waals surface area (Å²) in [5.41, 5.74) is 3.70. The van der Waals surface area contributed by atoms with Gasteiger partial charge in [0.15, 0.2) is 5.82 Å². The topological polar surface area (TPSA) is 84.8 Å². The second kappa shape index (κ2) is 9.66. The summed E-state index contributed by atoms with van der Waals surface area (Å²) < 4.78 is 18.2. The zero-order valence-corrected chi connectivity index (χ0v) is 23.0. The summed E-state index contributed by atoms with van der Waals surface area (Å²) in [7, 11) is -1.10. The van der Waals surface area contributed by atoms with E-state index in [9.17, 15) is 0 Å². The van der Waals surface area contributed by atoms with E-state index in [1.54, 1.807) is 6.33 Å². The molecular weight excluding hydrogens is 470 g/mol. The van der Waals surface area contributed by atoms with Gasteiger partial charge in [0.1, 0.15) is 42.8 Å². The average molecular weight is 506 g/mol. The molecule has 0 bridgehead atoms. The van der Waals surface area contributed by atoms with Crippen molar-refractivity contribution in [3.63, 3.8) is 0 Å². The molecule has 0 fully saturated rings. The summed E-state index contributed by atoms with van der Waals surface area (Å²) in [5, 5.41) is 4.36. The van der Waals surface area contributed by atoms with Crippen LogP contribution in [-0.4, -0.2) is 55.2 Å². The lowest BCUT2D eigenvalue weighted by atomic mass is 10.1. The minimum atomic E-state index is -1.10. The van der Waals surface area contributed by atoms with E-state index in [1.807, 2.05) is 17.8 Å². The highest BCUT2D eigenvalue weighted by Crippen LogP contribution is 2.36. The average Bonchev–Trinajstić information content (AvgIpc) is 3.53. The SMILES string of the molecule is Cc1nc(-c2ccc3c(c2)OCCn2cc(-c4ncnn4C(C)C)nc2-3)cn1COCC[Si](C)(C)C. The number of ether oxygens (including phenoxy) is 2. The van der Waals surface area contributed by atoms with Gasteiger partial charge in [-0.05, 0) is 38.9 Å². The normalized spacial score (nSPS) is 13.4. The summed E-state index contributed by atoms with van der Waals surface area (Å²) >= 11 is 0. The molecular formula is C26H35N7O2Si. The number of rotatable bonds is 8. The van der Waals surface area contributed by atoms with Crippen molar-refractivity contribution in [3.8, 4) is 39.9 Å². The van der Waals surface area contributed by atoms with Crippen molar-refractivity contribution in [1.82, 2.24) is 33.9 Å². The van der Waals surface area contributed by atoms with Gasteiger partial charge >= 0.3 is 0 Å². The lowest BCUT2D eigenvalue weighted by molar-refractivity contribution is 0.0858. The van der Waals surface area contributed by atoms with Crippen LogP contribution in [0.5, 0.6) is 5.75 Å². The zero-order chi connectivity index (χ0) is 25.4. The highest BCUT2D eigenvalue weighted by atomic mass is 28.3. The van der Waals surface area contributed by atoms with Gasteiger partial charge in [0.25, 0.3) is 0 Å². The molecule has 4 heterocycles.